The molecular formula is C31H33ClN4O2. The predicted octanol–water partition coefficient (Wildman–Crippen LogP) is 6.15. The van der Waals surface area contributed by atoms with Crippen molar-refractivity contribution >= 4 is 40.8 Å². The second-order valence-electron chi connectivity index (χ2n) is 10.7. The fourth-order valence-electron chi connectivity index (χ4n) is 6.37. The molecule has 2 N–H and O–H groups in total. The van der Waals surface area contributed by atoms with Gasteiger partial charge >= 0.3 is 0 Å². The first-order valence-electron chi connectivity index (χ1n) is 13.6. The topological polar surface area (TPSA) is 68.4 Å². The highest BCUT2D eigenvalue weighted by Gasteiger charge is 2.32. The van der Waals surface area contributed by atoms with Crippen molar-refractivity contribution in [3.63, 3.8) is 0 Å². The second kappa shape index (κ2) is 10.1. The Kier molecular flexibility index (Phi) is 6.62. The molecule has 0 bridgehead atoms. The van der Waals surface area contributed by atoms with Crippen molar-refractivity contribution in [2.45, 2.75) is 45.6 Å². The maximum absolute atomic E-state index is 13.6. The van der Waals surface area contributed by atoms with E-state index < -0.39 is 0 Å². The zero-order valence-electron chi connectivity index (χ0n) is 21.9. The summed E-state index contributed by atoms with van der Waals surface area (Å²) in [7, 11) is 0. The molecule has 7 heteroatoms. The number of halogens is 1. The monoisotopic (exact) mass is 528 g/mol. The summed E-state index contributed by atoms with van der Waals surface area (Å²) in [5.74, 6) is -0.0744. The minimum atomic E-state index is -0.155. The lowest BCUT2D eigenvalue weighted by atomic mass is 9.94. The Hall–Kier alpha value is -3.35. The first-order chi connectivity index (χ1) is 18.4. The highest BCUT2D eigenvalue weighted by molar-refractivity contribution is 6.36. The number of rotatable bonds is 4. The van der Waals surface area contributed by atoms with E-state index in [1.807, 2.05) is 67.3 Å². The number of nitrogens with zero attached hydrogens (tertiary/aromatic N) is 2. The summed E-state index contributed by atoms with van der Waals surface area (Å²) in [6.07, 6.45) is 6.54. The molecule has 6 rings (SSSR count). The summed E-state index contributed by atoms with van der Waals surface area (Å²) in [5, 5.41) is 3.65. The highest BCUT2D eigenvalue weighted by Crippen LogP contribution is 2.41. The third-order valence-corrected chi connectivity index (χ3v) is 8.58. The van der Waals surface area contributed by atoms with Crippen LogP contribution >= 0.6 is 11.6 Å². The van der Waals surface area contributed by atoms with E-state index in [4.69, 9.17) is 11.6 Å². The third-order valence-electron chi connectivity index (χ3n) is 8.35. The number of likely N-dealkylation sites (tertiary alicyclic amines) is 2. The molecule has 0 radical (unpaired) electrons. The minimum Gasteiger partial charge on any atom is -0.358 e. The molecule has 4 heterocycles. The Balaban J connectivity index is 1.30. The van der Waals surface area contributed by atoms with Crippen LogP contribution < -0.4 is 5.32 Å². The van der Waals surface area contributed by atoms with Crippen molar-refractivity contribution in [1.82, 2.24) is 14.8 Å². The number of piperidine rings is 1. The molecule has 3 aliphatic heterocycles. The molecule has 2 aromatic carbocycles. The van der Waals surface area contributed by atoms with Crippen LogP contribution in [0.4, 0.5) is 5.69 Å². The molecule has 2 saturated heterocycles. The zero-order chi connectivity index (χ0) is 26.4. The SMILES string of the molecule is Cc1[nH]c(C=C2C(=O)Nc3cccc(-c4cccc(Cl)c4)c32)c(C)c1C(=O)N1CCC(N2CCCC2)CC1. The largest absolute Gasteiger partial charge is 0.358 e. The van der Waals surface area contributed by atoms with Crippen LogP contribution in [0.25, 0.3) is 22.8 Å². The Morgan fingerprint density at radius 2 is 1.76 bits per heavy atom. The van der Waals surface area contributed by atoms with Gasteiger partial charge in [-0.2, -0.15) is 0 Å². The normalized spacial score (nSPS) is 19.3. The second-order valence-corrected chi connectivity index (χ2v) is 11.1. The van der Waals surface area contributed by atoms with E-state index in [0.717, 1.165) is 70.8 Å². The maximum Gasteiger partial charge on any atom is 0.256 e. The van der Waals surface area contributed by atoms with Gasteiger partial charge in [-0.25, -0.2) is 0 Å². The van der Waals surface area contributed by atoms with Crippen LogP contribution in [0, 0.1) is 13.8 Å². The standard InChI is InChI=1S/C31H33ClN4O2/c1-19-27(33-20(2)28(19)31(38)36-15-11-23(12-16-36)35-13-3-4-14-35)18-25-29-24(21-7-5-8-22(32)17-21)9-6-10-26(29)34-30(25)37/h5-10,17-18,23,33H,3-4,11-16H2,1-2H3,(H,34,37). The van der Waals surface area contributed by atoms with Crippen molar-refractivity contribution in [3.05, 3.63) is 75.6 Å². The number of H-pyrrole nitrogens is 1. The molecule has 0 spiro atoms. The van der Waals surface area contributed by atoms with E-state index in [9.17, 15) is 9.59 Å². The molecule has 3 aromatic rings. The van der Waals surface area contributed by atoms with Crippen LogP contribution in [0.15, 0.2) is 42.5 Å². The predicted molar refractivity (Wildman–Crippen MR) is 153 cm³/mol. The number of aryl methyl sites for hydroxylation is 1. The molecule has 0 atom stereocenters. The summed E-state index contributed by atoms with van der Waals surface area (Å²) in [5.41, 5.74) is 7.31. The van der Waals surface area contributed by atoms with Gasteiger partial charge in [0.15, 0.2) is 0 Å². The van der Waals surface area contributed by atoms with Gasteiger partial charge in [-0.15, -0.1) is 0 Å². The number of hydrogen-bond donors (Lipinski definition) is 2. The number of carbonyl (C=O) groups is 2. The maximum atomic E-state index is 13.6. The number of aromatic nitrogens is 1. The van der Waals surface area contributed by atoms with E-state index in [1.54, 1.807) is 0 Å². The number of hydrogen-bond acceptors (Lipinski definition) is 3. The lowest BCUT2D eigenvalue weighted by Crippen LogP contribution is -2.46. The lowest BCUT2D eigenvalue weighted by Gasteiger charge is -2.36. The van der Waals surface area contributed by atoms with Gasteiger partial charge in [0.05, 0.1) is 11.1 Å². The van der Waals surface area contributed by atoms with Crippen LogP contribution in [0.2, 0.25) is 5.02 Å². The summed E-state index contributed by atoms with van der Waals surface area (Å²) in [6, 6.07) is 14.1. The Bertz CT molecular complexity index is 1440. The average Bonchev–Trinajstić information content (AvgIpc) is 3.63. The molecule has 0 unspecified atom stereocenters. The van der Waals surface area contributed by atoms with Crippen LogP contribution in [0.3, 0.4) is 0 Å². The van der Waals surface area contributed by atoms with Gasteiger partial charge in [0.25, 0.3) is 11.8 Å². The van der Waals surface area contributed by atoms with Gasteiger partial charge < -0.3 is 20.1 Å². The number of aromatic amines is 1. The number of nitrogens with one attached hydrogen (secondary N) is 2. The van der Waals surface area contributed by atoms with Crippen LogP contribution in [-0.2, 0) is 4.79 Å². The Morgan fingerprint density at radius 1 is 1.03 bits per heavy atom. The summed E-state index contributed by atoms with van der Waals surface area (Å²) in [4.78, 5) is 34.7. The van der Waals surface area contributed by atoms with Crippen molar-refractivity contribution in [2.24, 2.45) is 0 Å². The number of benzene rings is 2. The number of carbonyl (C=O) groups excluding carboxylic acids is 2. The van der Waals surface area contributed by atoms with Gasteiger partial charge in [0.1, 0.15) is 0 Å². The zero-order valence-corrected chi connectivity index (χ0v) is 22.7. The van der Waals surface area contributed by atoms with Crippen molar-refractivity contribution in [3.8, 4) is 11.1 Å². The smallest absolute Gasteiger partial charge is 0.256 e. The Morgan fingerprint density at radius 3 is 2.50 bits per heavy atom. The molecule has 3 aliphatic rings. The fraction of sp³-hybridized carbons (Fsp3) is 0.355. The van der Waals surface area contributed by atoms with E-state index >= 15 is 0 Å². The molecule has 2 fully saturated rings. The summed E-state index contributed by atoms with van der Waals surface area (Å²) < 4.78 is 0. The average molecular weight is 529 g/mol. The molecule has 0 aliphatic carbocycles. The molecule has 0 saturated carbocycles. The molecule has 38 heavy (non-hydrogen) atoms. The van der Waals surface area contributed by atoms with Gasteiger partial charge in [-0.3, -0.25) is 9.59 Å². The third kappa shape index (κ3) is 4.46. The van der Waals surface area contributed by atoms with E-state index in [-0.39, 0.29) is 11.8 Å². The van der Waals surface area contributed by atoms with Crippen molar-refractivity contribution < 1.29 is 9.59 Å². The lowest BCUT2D eigenvalue weighted by molar-refractivity contribution is -0.110. The van der Waals surface area contributed by atoms with Gasteiger partial charge in [-0.1, -0.05) is 35.9 Å². The molecular weight excluding hydrogens is 496 g/mol. The highest BCUT2D eigenvalue weighted by atomic mass is 35.5. The number of fused-ring (bicyclic) bond motifs is 1. The fourth-order valence-corrected chi connectivity index (χ4v) is 6.56. The molecule has 6 nitrogen and oxygen atoms in total. The summed E-state index contributed by atoms with van der Waals surface area (Å²) >= 11 is 6.28. The summed E-state index contributed by atoms with van der Waals surface area (Å²) in [6.45, 7) is 7.89. The van der Waals surface area contributed by atoms with Crippen LogP contribution in [0.5, 0.6) is 0 Å². The number of amides is 2. The van der Waals surface area contributed by atoms with Gasteiger partial charge in [0.2, 0.25) is 0 Å². The molecule has 2 amide bonds. The molecule has 1 aromatic heterocycles. The first kappa shape index (κ1) is 25.0. The van der Waals surface area contributed by atoms with Crippen molar-refractivity contribution in [2.75, 3.05) is 31.5 Å². The minimum absolute atomic E-state index is 0.0802. The van der Waals surface area contributed by atoms with E-state index in [2.05, 4.69) is 15.2 Å². The van der Waals surface area contributed by atoms with Gasteiger partial charge in [-0.05, 0) is 93.6 Å². The van der Waals surface area contributed by atoms with E-state index in [1.165, 1.54) is 25.9 Å². The molecule has 196 valence electrons. The number of anilines is 1. The van der Waals surface area contributed by atoms with Crippen molar-refractivity contribution in [1.29, 1.82) is 0 Å². The van der Waals surface area contributed by atoms with Crippen LogP contribution in [-0.4, -0.2) is 58.8 Å². The quantitative estimate of drug-likeness (QED) is 0.399. The first-order valence-corrected chi connectivity index (χ1v) is 13.9. The Labute approximate surface area is 228 Å². The van der Waals surface area contributed by atoms with Crippen LogP contribution in [0.1, 0.15) is 58.6 Å². The van der Waals surface area contributed by atoms with Gasteiger partial charge in [0, 0.05) is 46.8 Å². The van der Waals surface area contributed by atoms with E-state index in [0.29, 0.717) is 16.6 Å².